The fourth-order valence-corrected chi connectivity index (χ4v) is 35.2. The van der Waals surface area contributed by atoms with Gasteiger partial charge in [-0.05, 0) is 0 Å². The average molecular weight is 255 g/mol. The summed E-state index contributed by atoms with van der Waals surface area (Å²) in [6, 6.07) is 6.12. The SMILES string of the molecule is CC[Si](C)(CC)[SiH-][Si](C)(CC)CC.[Na+]. The molecule has 0 aromatic carbocycles. The van der Waals surface area contributed by atoms with Crippen molar-refractivity contribution in [3.05, 3.63) is 0 Å². The summed E-state index contributed by atoms with van der Waals surface area (Å²) >= 11 is 0. The minimum absolute atomic E-state index is 0. The Kier molecular flexibility index (Phi) is 10.1. The van der Waals surface area contributed by atoms with E-state index in [0.29, 0.717) is 0 Å². The Morgan fingerprint density at radius 1 is 0.714 bits per heavy atom. The Bertz CT molecular complexity index is 126. The van der Waals surface area contributed by atoms with Gasteiger partial charge in [-0.2, -0.15) is 0 Å². The molecule has 0 aliphatic rings. The van der Waals surface area contributed by atoms with Crippen LogP contribution in [-0.4, -0.2) is 23.7 Å². The van der Waals surface area contributed by atoms with Crippen LogP contribution < -0.4 is 29.6 Å². The standard InChI is InChI=1S/C10H27Si3.Na/c1-7-12(5,8-2)11-13(6,9-3)10-4;/h11H,7-10H2,1-6H3;/q-1;+1. The largest absolute Gasteiger partial charge is 1.00 e. The molecule has 0 aromatic heterocycles. The smallest absolute Gasteiger partial charge is 0.271 e. The van der Waals surface area contributed by atoms with Crippen LogP contribution in [-0.2, 0) is 0 Å². The molecule has 0 spiro atoms. The fraction of sp³-hybridized carbons (Fsp3) is 1.00. The summed E-state index contributed by atoms with van der Waals surface area (Å²) in [5.74, 6) is 0. The topological polar surface area (TPSA) is 0 Å². The van der Waals surface area contributed by atoms with Gasteiger partial charge in [0.05, 0.1) is 0 Å². The Labute approximate surface area is 117 Å². The second-order valence-corrected chi connectivity index (χ2v) is 26.4. The first-order chi connectivity index (χ1) is 5.95. The van der Waals surface area contributed by atoms with Gasteiger partial charge >= 0.3 is 29.6 Å². The van der Waals surface area contributed by atoms with Crippen molar-refractivity contribution in [3.63, 3.8) is 0 Å². The van der Waals surface area contributed by atoms with Gasteiger partial charge in [-0.3, -0.25) is 8.55 Å². The van der Waals surface area contributed by atoms with E-state index >= 15 is 0 Å². The third-order valence-corrected chi connectivity index (χ3v) is 33.4. The zero-order chi connectivity index (χ0) is 10.5. The first-order valence-corrected chi connectivity index (χ1v) is 15.3. The molecule has 0 fully saturated rings. The summed E-state index contributed by atoms with van der Waals surface area (Å²) in [5, 5.41) is 0. The minimum atomic E-state index is -0.730. The Balaban J connectivity index is 0. The maximum atomic E-state index is 2.65. The second kappa shape index (κ2) is 7.85. The van der Waals surface area contributed by atoms with Gasteiger partial charge in [-0.1, -0.05) is 65.0 Å². The summed E-state index contributed by atoms with van der Waals surface area (Å²) < 4.78 is 0. The van der Waals surface area contributed by atoms with Crippen LogP contribution in [0.25, 0.3) is 0 Å². The first kappa shape index (κ1) is 18.0. The van der Waals surface area contributed by atoms with E-state index in [0.717, 1.165) is 8.55 Å². The monoisotopic (exact) mass is 254 g/mol. The normalized spacial score (nSPS) is 12.4. The van der Waals surface area contributed by atoms with Crippen molar-refractivity contribution >= 4 is 23.7 Å². The molecule has 0 aliphatic carbocycles. The van der Waals surface area contributed by atoms with Crippen molar-refractivity contribution in [1.29, 1.82) is 0 Å². The maximum absolute atomic E-state index is 2.65. The molecule has 0 bridgehead atoms. The molecule has 0 saturated carbocycles. The van der Waals surface area contributed by atoms with Gasteiger partial charge in [-0.15, -0.1) is 15.2 Å². The van der Waals surface area contributed by atoms with Gasteiger partial charge in [-0.25, -0.2) is 0 Å². The molecule has 0 nitrogen and oxygen atoms in total. The Hall–Kier alpha value is 1.65. The van der Waals surface area contributed by atoms with Crippen LogP contribution in [0.15, 0.2) is 0 Å². The van der Waals surface area contributed by atoms with Crippen molar-refractivity contribution < 1.29 is 29.6 Å². The molecule has 0 N–H and O–H groups in total. The van der Waals surface area contributed by atoms with Crippen LogP contribution in [0.4, 0.5) is 0 Å². The van der Waals surface area contributed by atoms with E-state index in [4.69, 9.17) is 0 Å². The van der Waals surface area contributed by atoms with Crippen molar-refractivity contribution in [2.75, 3.05) is 0 Å². The Morgan fingerprint density at radius 2 is 0.929 bits per heavy atom. The van der Waals surface area contributed by atoms with Crippen LogP contribution in [0.2, 0.25) is 37.3 Å². The molecule has 0 aliphatic heterocycles. The van der Waals surface area contributed by atoms with E-state index < -0.39 is 15.2 Å². The molecule has 4 heteroatoms. The molecule has 0 aromatic rings. The van der Waals surface area contributed by atoms with Crippen molar-refractivity contribution in [2.45, 2.75) is 65.0 Å². The van der Waals surface area contributed by atoms with Gasteiger partial charge in [0, 0.05) is 0 Å². The van der Waals surface area contributed by atoms with E-state index in [1.807, 2.05) is 0 Å². The summed E-state index contributed by atoms with van der Waals surface area (Å²) in [5.41, 5.74) is 0. The van der Waals surface area contributed by atoms with E-state index in [-0.39, 0.29) is 29.6 Å². The van der Waals surface area contributed by atoms with Gasteiger partial charge in [0.1, 0.15) is 0 Å². The van der Waals surface area contributed by atoms with Gasteiger partial charge in [0.15, 0.2) is 0 Å². The van der Waals surface area contributed by atoms with E-state index in [1.54, 1.807) is 0 Å². The summed E-state index contributed by atoms with van der Waals surface area (Å²) in [6.45, 7) is 15.0. The fourth-order valence-electron chi connectivity index (χ4n) is 1.75. The van der Waals surface area contributed by atoms with Gasteiger partial charge in [0.2, 0.25) is 0 Å². The Morgan fingerprint density at radius 3 is 1.07 bits per heavy atom. The summed E-state index contributed by atoms with van der Waals surface area (Å²) in [7, 11) is -0.598. The predicted octanol–water partition coefficient (Wildman–Crippen LogP) is 0.657. The van der Waals surface area contributed by atoms with Gasteiger partial charge < -0.3 is 0 Å². The van der Waals surface area contributed by atoms with Crippen LogP contribution in [0.1, 0.15) is 27.7 Å². The molecular formula is C10H27NaSi3. The third-order valence-electron chi connectivity index (χ3n) is 3.93. The quantitative estimate of drug-likeness (QED) is 0.611. The number of hydrogen-bond acceptors (Lipinski definition) is 0. The maximum Gasteiger partial charge on any atom is 1.00 e. The first-order valence-electron chi connectivity index (χ1n) is 5.82. The molecule has 14 heavy (non-hydrogen) atoms. The number of hydrogen-bond donors (Lipinski definition) is 0. The molecule has 0 unspecified atom stereocenters. The molecule has 0 radical (unpaired) electrons. The van der Waals surface area contributed by atoms with Crippen LogP contribution in [0.3, 0.4) is 0 Å². The molecule has 0 amide bonds. The van der Waals surface area contributed by atoms with E-state index in [2.05, 4.69) is 40.8 Å². The zero-order valence-corrected chi connectivity index (χ0v) is 16.6. The second-order valence-electron chi connectivity index (χ2n) is 4.87. The van der Waals surface area contributed by atoms with E-state index in [1.165, 1.54) is 24.2 Å². The average Bonchev–Trinajstić information content (AvgIpc) is 2.17. The van der Waals surface area contributed by atoms with Crippen LogP contribution in [0.5, 0.6) is 0 Å². The molecule has 0 rings (SSSR count). The molecule has 0 atom stereocenters. The van der Waals surface area contributed by atoms with Crippen LogP contribution >= 0.6 is 0 Å². The number of rotatable bonds is 6. The third kappa shape index (κ3) is 5.66. The molecule has 0 heterocycles. The summed E-state index contributed by atoms with van der Waals surface area (Å²) in [4.78, 5) is 0. The van der Waals surface area contributed by atoms with E-state index in [9.17, 15) is 0 Å². The van der Waals surface area contributed by atoms with Crippen molar-refractivity contribution in [1.82, 2.24) is 0 Å². The molecule has 80 valence electrons. The summed E-state index contributed by atoms with van der Waals surface area (Å²) in [6.07, 6.45) is 0. The van der Waals surface area contributed by atoms with Gasteiger partial charge in [0.25, 0.3) is 0 Å². The predicted molar refractivity (Wildman–Crippen MR) is 72.3 cm³/mol. The minimum Gasteiger partial charge on any atom is -0.271 e. The van der Waals surface area contributed by atoms with Crippen LogP contribution in [0, 0.1) is 0 Å². The molecule has 0 saturated heterocycles. The zero-order valence-electron chi connectivity index (χ0n) is 11.4. The van der Waals surface area contributed by atoms with Crippen molar-refractivity contribution in [2.24, 2.45) is 0 Å². The van der Waals surface area contributed by atoms with Crippen molar-refractivity contribution in [3.8, 4) is 0 Å². The molecular weight excluding hydrogens is 227 g/mol.